The summed E-state index contributed by atoms with van der Waals surface area (Å²) in [6, 6.07) is 10.6. The van der Waals surface area contributed by atoms with Gasteiger partial charge in [0, 0.05) is 11.8 Å². The van der Waals surface area contributed by atoms with Crippen molar-refractivity contribution in [1.29, 1.82) is 0 Å². The fourth-order valence-electron chi connectivity index (χ4n) is 2.04. The number of benzene rings is 1. The number of carboxylic acid groups (broad SMARTS) is 1. The average molecular weight is 269 g/mol. The first-order valence-electron chi connectivity index (χ1n) is 5.92. The molecule has 0 amide bonds. The number of hydrogen-bond acceptors (Lipinski definition) is 4. The number of aromatic nitrogens is 3. The Hall–Kier alpha value is -2.89. The fraction of sp³-hybridized carbons (Fsp3) is 0.0714. The molecule has 6 heteroatoms. The Morgan fingerprint density at radius 1 is 1.30 bits per heavy atom. The van der Waals surface area contributed by atoms with Crippen molar-refractivity contribution in [2.45, 2.75) is 0 Å². The third-order valence-corrected chi connectivity index (χ3v) is 2.94. The summed E-state index contributed by atoms with van der Waals surface area (Å²) in [7, 11) is 1.57. The number of ether oxygens (including phenoxy) is 1. The Morgan fingerprint density at radius 3 is 2.90 bits per heavy atom. The highest BCUT2D eigenvalue weighted by atomic mass is 16.5. The van der Waals surface area contributed by atoms with Crippen LogP contribution in [0.25, 0.3) is 16.9 Å². The van der Waals surface area contributed by atoms with E-state index in [9.17, 15) is 9.90 Å². The number of fused-ring (bicyclic) bond motifs is 1. The van der Waals surface area contributed by atoms with E-state index in [0.29, 0.717) is 17.1 Å². The van der Waals surface area contributed by atoms with Crippen LogP contribution < -0.4 is 4.74 Å². The second kappa shape index (κ2) is 4.65. The van der Waals surface area contributed by atoms with Gasteiger partial charge < -0.3 is 9.84 Å². The lowest BCUT2D eigenvalue weighted by molar-refractivity contribution is 0.0693. The SMILES string of the molecule is COc1cccc(-c2nc(C(=O)O)c3cccnn23)c1. The van der Waals surface area contributed by atoms with Crippen molar-refractivity contribution in [2.75, 3.05) is 7.11 Å². The molecule has 1 aromatic carbocycles. The number of carbonyl (C=O) groups is 1. The molecule has 0 saturated heterocycles. The van der Waals surface area contributed by atoms with Gasteiger partial charge in [-0.3, -0.25) is 0 Å². The van der Waals surface area contributed by atoms with Crippen LogP contribution in [0, 0.1) is 0 Å². The van der Waals surface area contributed by atoms with Gasteiger partial charge in [0.05, 0.1) is 7.11 Å². The molecule has 0 saturated carbocycles. The Morgan fingerprint density at radius 2 is 2.15 bits per heavy atom. The van der Waals surface area contributed by atoms with Crippen molar-refractivity contribution in [3.05, 3.63) is 48.3 Å². The lowest BCUT2D eigenvalue weighted by atomic mass is 10.2. The van der Waals surface area contributed by atoms with E-state index in [2.05, 4.69) is 10.1 Å². The molecule has 0 bridgehead atoms. The first kappa shape index (κ1) is 12.2. The summed E-state index contributed by atoms with van der Waals surface area (Å²) in [5.74, 6) is 0.0635. The normalized spacial score (nSPS) is 10.7. The zero-order valence-electron chi connectivity index (χ0n) is 10.6. The minimum absolute atomic E-state index is 0.0177. The maximum absolute atomic E-state index is 11.3. The molecular formula is C14H11N3O3. The summed E-state index contributed by atoms with van der Waals surface area (Å²) in [4.78, 5) is 15.4. The third kappa shape index (κ3) is 1.87. The van der Waals surface area contributed by atoms with Gasteiger partial charge in [-0.2, -0.15) is 5.10 Å². The van der Waals surface area contributed by atoms with Crippen molar-refractivity contribution < 1.29 is 14.6 Å². The van der Waals surface area contributed by atoms with Crippen LogP contribution in [0.1, 0.15) is 10.5 Å². The molecule has 3 rings (SSSR count). The van der Waals surface area contributed by atoms with Crippen molar-refractivity contribution in [3.63, 3.8) is 0 Å². The largest absolute Gasteiger partial charge is 0.497 e. The van der Waals surface area contributed by atoms with Gasteiger partial charge in [0.2, 0.25) is 0 Å². The van der Waals surface area contributed by atoms with Gasteiger partial charge in [0.15, 0.2) is 11.5 Å². The van der Waals surface area contributed by atoms with Crippen LogP contribution in [0.5, 0.6) is 5.75 Å². The molecule has 0 atom stereocenters. The van der Waals surface area contributed by atoms with Gasteiger partial charge in [-0.25, -0.2) is 14.3 Å². The predicted octanol–water partition coefficient (Wildman–Crippen LogP) is 2.10. The summed E-state index contributed by atoms with van der Waals surface area (Å²) < 4.78 is 6.68. The highest BCUT2D eigenvalue weighted by molar-refractivity contribution is 5.94. The zero-order valence-corrected chi connectivity index (χ0v) is 10.6. The van der Waals surface area contributed by atoms with Crippen LogP contribution in [0.4, 0.5) is 0 Å². The number of aromatic carboxylic acids is 1. The molecule has 0 unspecified atom stereocenters. The molecular weight excluding hydrogens is 258 g/mol. The molecule has 2 heterocycles. The van der Waals surface area contributed by atoms with Gasteiger partial charge in [0.1, 0.15) is 11.3 Å². The summed E-state index contributed by atoms with van der Waals surface area (Å²) in [6.07, 6.45) is 1.59. The van der Waals surface area contributed by atoms with E-state index < -0.39 is 5.97 Å². The van der Waals surface area contributed by atoms with Crippen molar-refractivity contribution in [1.82, 2.24) is 14.6 Å². The van der Waals surface area contributed by atoms with E-state index in [1.165, 1.54) is 4.52 Å². The minimum Gasteiger partial charge on any atom is -0.497 e. The predicted molar refractivity (Wildman–Crippen MR) is 71.9 cm³/mol. The van der Waals surface area contributed by atoms with E-state index in [1.807, 2.05) is 18.2 Å². The van der Waals surface area contributed by atoms with Crippen molar-refractivity contribution >= 4 is 11.5 Å². The summed E-state index contributed by atoms with van der Waals surface area (Å²) in [6.45, 7) is 0. The van der Waals surface area contributed by atoms with Gasteiger partial charge in [0.25, 0.3) is 0 Å². The molecule has 1 N–H and O–H groups in total. The molecule has 0 aliphatic heterocycles. The Labute approximate surface area is 114 Å². The minimum atomic E-state index is -1.08. The highest BCUT2D eigenvalue weighted by Gasteiger charge is 2.18. The molecule has 2 aromatic heterocycles. The number of rotatable bonds is 3. The molecule has 0 fully saturated rings. The third-order valence-electron chi connectivity index (χ3n) is 2.94. The van der Waals surface area contributed by atoms with Crippen molar-refractivity contribution in [2.24, 2.45) is 0 Å². The van der Waals surface area contributed by atoms with Gasteiger partial charge in [-0.05, 0) is 24.3 Å². The second-order valence-corrected chi connectivity index (χ2v) is 4.14. The van der Waals surface area contributed by atoms with Crippen molar-refractivity contribution in [3.8, 4) is 17.1 Å². The van der Waals surface area contributed by atoms with Gasteiger partial charge in [-0.1, -0.05) is 12.1 Å². The van der Waals surface area contributed by atoms with E-state index >= 15 is 0 Å². The smallest absolute Gasteiger partial charge is 0.356 e. The van der Waals surface area contributed by atoms with Gasteiger partial charge >= 0.3 is 5.97 Å². The summed E-state index contributed by atoms with van der Waals surface area (Å²) in [5.41, 5.74) is 1.18. The zero-order chi connectivity index (χ0) is 14.1. The second-order valence-electron chi connectivity index (χ2n) is 4.14. The summed E-state index contributed by atoms with van der Waals surface area (Å²) in [5, 5.41) is 13.4. The molecule has 0 radical (unpaired) electrons. The summed E-state index contributed by atoms with van der Waals surface area (Å²) >= 11 is 0. The lowest BCUT2D eigenvalue weighted by Crippen LogP contribution is -1.97. The monoisotopic (exact) mass is 269 g/mol. The maximum atomic E-state index is 11.3. The van der Waals surface area contributed by atoms with Crippen LogP contribution >= 0.6 is 0 Å². The Kier molecular flexibility index (Phi) is 2.83. The first-order valence-corrected chi connectivity index (χ1v) is 5.92. The Bertz CT molecular complexity index is 795. The van der Waals surface area contributed by atoms with Crippen LogP contribution in [0.3, 0.4) is 0 Å². The number of carboxylic acids is 1. The van der Waals surface area contributed by atoms with Crippen LogP contribution in [0.15, 0.2) is 42.6 Å². The van der Waals surface area contributed by atoms with E-state index in [1.54, 1.807) is 31.5 Å². The molecule has 3 aromatic rings. The molecule has 0 spiro atoms. The number of methoxy groups -OCH3 is 1. The maximum Gasteiger partial charge on any atom is 0.356 e. The first-order chi connectivity index (χ1) is 9.70. The molecule has 0 aliphatic carbocycles. The molecule has 20 heavy (non-hydrogen) atoms. The fourth-order valence-corrected chi connectivity index (χ4v) is 2.04. The number of nitrogens with zero attached hydrogens (tertiary/aromatic N) is 3. The Balaban J connectivity index is 2.28. The number of imidazole rings is 1. The van der Waals surface area contributed by atoms with Crippen LogP contribution in [-0.4, -0.2) is 32.8 Å². The molecule has 100 valence electrons. The average Bonchev–Trinajstić information content (AvgIpc) is 2.87. The van der Waals surface area contributed by atoms with E-state index in [-0.39, 0.29) is 5.69 Å². The highest BCUT2D eigenvalue weighted by Crippen LogP contribution is 2.25. The topological polar surface area (TPSA) is 76.7 Å². The number of hydrogen-bond donors (Lipinski definition) is 1. The van der Waals surface area contributed by atoms with Crippen LogP contribution in [0.2, 0.25) is 0 Å². The molecule has 6 nitrogen and oxygen atoms in total. The standard InChI is InChI=1S/C14H11N3O3/c1-20-10-5-2-4-9(8-10)13-16-12(14(18)19)11-6-3-7-15-17(11)13/h2-8H,1H3,(H,18,19). The molecule has 0 aliphatic rings. The quantitative estimate of drug-likeness (QED) is 0.788. The van der Waals surface area contributed by atoms with Crippen LogP contribution in [-0.2, 0) is 0 Å². The van der Waals surface area contributed by atoms with E-state index in [0.717, 1.165) is 5.56 Å². The van der Waals surface area contributed by atoms with E-state index in [4.69, 9.17) is 4.74 Å². The lowest BCUT2D eigenvalue weighted by Gasteiger charge is -2.03. The van der Waals surface area contributed by atoms with Gasteiger partial charge in [-0.15, -0.1) is 0 Å².